The summed E-state index contributed by atoms with van der Waals surface area (Å²) >= 11 is 0. The summed E-state index contributed by atoms with van der Waals surface area (Å²) in [5.41, 5.74) is 4.62. The summed E-state index contributed by atoms with van der Waals surface area (Å²) < 4.78 is 5.35. The quantitative estimate of drug-likeness (QED) is 0.708. The fourth-order valence-electron chi connectivity index (χ4n) is 1.93. The average molecular weight is 198 g/mol. The summed E-state index contributed by atoms with van der Waals surface area (Å²) in [4.78, 5) is 0. The van der Waals surface area contributed by atoms with Crippen LogP contribution in [0.5, 0.6) is 5.75 Å². The zero-order chi connectivity index (χ0) is 10.8. The van der Waals surface area contributed by atoms with Gasteiger partial charge in [0.2, 0.25) is 0 Å². The molecule has 0 bridgehead atoms. The first-order valence-corrected chi connectivity index (χ1v) is 4.94. The highest BCUT2D eigenvalue weighted by molar-refractivity contribution is 5.79. The van der Waals surface area contributed by atoms with E-state index in [2.05, 4.69) is 25.3 Å². The Morgan fingerprint density at radius 3 is 2.87 bits per heavy atom. The third-order valence-electron chi connectivity index (χ3n) is 2.70. The van der Waals surface area contributed by atoms with Crippen LogP contribution in [0.15, 0.2) is 49.1 Å². The van der Waals surface area contributed by atoms with Crippen LogP contribution in [0.25, 0.3) is 5.57 Å². The van der Waals surface area contributed by atoms with Gasteiger partial charge in [-0.05, 0) is 22.8 Å². The molecule has 1 heteroatoms. The van der Waals surface area contributed by atoms with Crippen molar-refractivity contribution in [1.29, 1.82) is 0 Å². The molecule has 76 valence electrons. The van der Waals surface area contributed by atoms with Gasteiger partial charge in [-0.15, -0.1) is 0 Å². The second-order valence-corrected chi connectivity index (χ2v) is 3.61. The molecule has 0 N–H and O–H groups in total. The van der Waals surface area contributed by atoms with E-state index in [1.165, 1.54) is 16.7 Å². The molecule has 1 aliphatic carbocycles. The molecular weight excluding hydrogens is 184 g/mol. The first kappa shape index (κ1) is 9.78. The highest BCUT2D eigenvalue weighted by Crippen LogP contribution is 2.34. The van der Waals surface area contributed by atoms with Crippen molar-refractivity contribution in [2.45, 2.75) is 6.42 Å². The highest BCUT2D eigenvalue weighted by atomic mass is 16.5. The topological polar surface area (TPSA) is 9.23 Å². The molecule has 0 amide bonds. The molecule has 0 radical (unpaired) electrons. The number of fused-ring (bicyclic) bond motifs is 1. The minimum Gasteiger partial charge on any atom is -0.496 e. The van der Waals surface area contributed by atoms with E-state index in [1.54, 1.807) is 7.11 Å². The van der Waals surface area contributed by atoms with E-state index in [-0.39, 0.29) is 0 Å². The van der Waals surface area contributed by atoms with Crippen molar-refractivity contribution >= 4 is 5.57 Å². The predicted molar refractivity (Wildman–Crippen MR) is 64.0 cm³/mol. The second-order valence-electron chi connectivity index (χ2n) is 3.61. The molecule has 0 aromatic heterocycles. The van der Waals surface area contributed by atoms with E-state index in [4.69, 9.17) is 4.74 Å². The van der Waals surface area contributed by atoms with Crippen molar-refractivity contribution in [3.8, 4) is 5.75 Å². The lowest BCUT2D eigenvalue weighted by molar-refractivity contribution is 0.410. The van der Waals surface area contributed by atoms with Gasteiger partial charge in [-0.1, -0.05) is 37.4 Å². The molecule has 1 nitrogen and oxygen atoms in total. The Balaban J connectivity index is 2.56. The van der Waals surface area contributed by atoms with Crippen LogP contribution in [0.1, 0.15) is 11.1 Å². The predicted octanol–water partition coefficient (Wildman–Crippen LogP) is 3.38. The smallest absolute Gasteiger partial charge is 0.123 e. The van der Waals surface area contributed by atoms with Gasteiger partial charge < -0.3 is 4.74 Å². The largest absolute Gasteiger partial charge is 0.496 e. The summed E-state index contributed by atoms with van der Waals surface area (Å²) in [7, 11) is 1.70. The Bertz CT molecular complexity index is 452. The molecule has 0 saturated carbocycles. The van der Waals surface area contributed by atoms with Gasteiger partial charge in [-0.3, -0.25) is 0 Å². The number of ether oxygens (including phenoxy) is 1. The van der Waals surface area contributed by atoms with E-state index in [0.29, 0.717) is 0 Å². The minimum absolute atomic E-state index is 0.877. The average Bonchev–Trinajstić information content (AvgIpc) is 2.28. The Labute approximate surface area is 90.4 Å². The van der Waals surface area contributed by atoms with Crippen molar-refractivity contribution in [1.82, 2.24) is 0 Å². The molecule has 1 aliphatic rings. The number of hydrogen-bond acceptors (Lipinski definition) is 1. The fourth-order valence-corrected chi connectivity index (χ4v) is 1.93. The lowest BCUT2D eigenvalue weighted by atomic mass is 9.88. The first-order chi connectivity index (χ1) is 7.26. The summed E-state index contributed by atoms with van der Waals surface area (Å²) in [5.74, 6) is 0.932. The molecule has 2 rings (SSSR count). The van der Waals surface area contributed by atoms with Gasteiger partial charge in [-0.2, -0.15) is 0 Å². The van der Waals surface area contributed by atoms with Crippen molar-refractivity contribution in [2.24, 2.45) is 0 Å². The Kier molecular flexibility index (Phi) is 2.46. The molecular formula is C14H14O. The summed E-state index contributed by atoms with van der Waals surface area (Å²) in [6.45, 7) is 7.85. The van der Waals surface area contributed by atoms with E-state index < -0.39 is 0 Å². The number of hydrogen-bond donors (Lipinski definition) is 0. The number of allylic oxidation sites excluding steroid dienone is 4. The molecule has 1 aromatic rings. The lowest BCUT2D eigenvalue weighted by Crippen LogP contribution is -2.03. The van der Waals surface area contributed by atoms with Crippen LogP contribution in [-0.4, -0.2) is 7.11 Å². The van der Waals surface area contributed by atoms with Crippen molar-refractivity contribution in [3.05, 3.63) is 60.2 Å². The minimum atomic E-state index is 0.877. The molecule has 0 saturated heterocycles. The number of rotatable bonds is 2. The Hall–Kier alpha value is -1.76. The summed E-state index contributed by atoms with van der Waals surface area (Å²) in [6.07, 6.45) is 4.83. The first-order valence-electron chi connectivity index (χ1n) is 4.94. The van der Waals surface area contributed by atoms with E-state index in [1.807, 2.05) is 18.2 Å². The van der Waals surface area contributed by atoms with Gasteiger partial charge in [0.25, 0.3) is 0 Å². The van der Waals surface area contributed by atoms with Crippen molar-refractivity contribution in [3.63, 3.8) is 0 Å². The normalized spacial score (nSPS) is 14.2. The summed E-state index contributed by atoms with van der Waals surface area (Å²) in [5, 5.41) is 0. The van der Waals surface area contributed by atoms with E-state index in [0.717, 1.165) is 17.7 Å². The number of benzene rings is 1. The van der Waals surface area contributed by atoms with Crippen LogP contribution in [0.3, 0.4) is 0 Å². The molecule has 15 heavy (non-hydrogen) atoms. The molecule has 0 heterocycles. The van der Waals surface area contributed by atoms with Crippen LogP contribution in [-0.2, 0) is 6.42 Å². The van der Waals surface area contributed by atoms with Crippen LogP contribution in [0.2, 0.25) is 0 Å². The van der Waals surface area contributed by atoms with Gasteiger partial charge in [0.1, 0.15) is 5.75 Å². The van der Waals surface area contributed by atoms with Gasteiger partial charge in [0.15, 0.2) is 0 Å². The Morgan fingerprint density at radius 2 is 2.20 bits per heavy atom. The fraction of sp³-hybridized carbons (Fsp3) is 0.143. The zero-order valence-electron chi connectivity index (χ0n) is 8.92. The van der Waals surface area contributed by atoms with Crippen molar-refractivity contribution in [2.75, 3.05) is 7.11 Å². The van der Waals surface area contributed by atoms with Gasteiger partial charge in [-0.25, -0.2) is 0 Å². The number of methoxy groups -OCH3 is 1. The third-order valence-corrected chi connectivity index (χ3v) is 2.70. The van der Waals surface area contributed by atoms with Crippen LogP contribution >= 0.6 is 0 Å². The van der Waals surface area contributed by atoms with Gasteiger partial charge in [0.05, 0.1) is 7.11 Å². The maximum Gasteiger partial charge on any atom is 0.123 e. The van der Waals surface area contributed by atoms with Gasteiger partial charge in [0, 0.05) is 12.0 Å². The summed E-state index contributed by atoms with van der Waals surface area (Å²) in [6, 6.07) is 6.06. The third kappa shape index (κ3) is 1.61. The molecule has 0 aliphatic heterocycles. The highest BCUT2D eigenvalue weighted by Gasteiger charge is 2.15. The maximum atomic E-state index is 5.35. The monoisotopic (exact) mass is 198 g/mol. The molecule has 0 fully saturated rings. The molecule has 1 aromatic carbocycles. The standard InChI is InChI=1S/C14H14O/c1-4-11-8-10(2)12-6-5-7-14(15-3)13(12)9-11/h4-8H,1-2,9H2,3H3. The van der Waals surface area contributed by atoms with E-state index in [9.17, 15) is 0 Å². The Morgan fingerprint density at radius 1 is 1.40 bits per heavy atom. The van der Waals surface area contributed by atoms with Gasteiger partial charge >= 0.3 is 0 Å². The zero-order valence-corrected chi connectivity index (χ0v) is 8.92. The van der Waals surface area contributed by atoms with Crippen molar-refractivity contribution < 1.29 is 4.74 Å². The molecule has 0 spiro atoms. The maximum absolute atomic E-state index is 5.35. The lowest BCUT2D eigenvalue weighted by Gasteiger charge is -2.19. The van der Waals surface area contributed by atoms with Crippen LogP contribution in [0.4, 0.5) is 0 Å². The SMILES string of the molecule is C=CC1=CC(=C)c2cccc(OC)c2C1. The van der Waals surface area contributed by atoms with Crippen LogP contribution in [0, 0.1) is 0 Å². The second kappa shape index (κ2) is 3.77. The molecule has 0 unspecified atom stereocenters. The van der Waals surface area contributed by atoms with Crippen LogP contribution < -0.4 is 4.74 Å². The van der Waals surface area contributed by atoms with E-state index >= 15 is 0 Å². The molecule has 0 atom stereocenters.